The van der Waals surface area contributed by atoms with E-state index in [1.165, 1.54) is 18.3 Å². The van der Waals surface area contributed by atoms with Gasteiger partial charge < -0.3 is 5.32 Å². The minimum Gasteiger partial charge on any atom is -0.382 e. The quantitative estimate of drug-likeness (QED) is 0.762. The molecule has 5 heteroatoms. The molecule has 1 aromatic rings. The van der Waals surface area contributed by atoms with Gasteiger partial charge in [0.05, 0.1) is 0 Å². The number of nitrogens with one attached hydrogen (secondary N) is 1. The van der Waals surface area contributed by atoms with Crippen LogP contribution in [0.25, 0.3) is 0 Å². The number of hydrogen-bond donors (Lipinski definition) is 1. The Hall–Kier alpha value is -1.26. The van der Waals surface area contributed by atoms with Gasteiger partial charge in [0.2, 0.25) is 12.4 Å². The van der Waals surface area contributed by atoms with Crippen molar-refractivity contribution in [2.45, 2.75) is 25.8 Å². The molecule has 0 radical (unpaired) electrons. The summed E-state index contributed by atoms with van der Waals surface area (Å²) in [5.74, 6) is -0.626. The predicted octanol–water partition coefficient (Wildman–Crippen LogP) is 2.68. The van der Waals surface area contributed by atoms with Crippen molar-refractivity contribution >= 4 is 5.69 Å². The van der Waals surface area contributed by atoms with Gasteiger partial charge >= 0.3 is 0 Å². The summed E-state index contributed by atoms with van der Waals surface area (Å²) in [6.07, 6.45) is -1.33. The Morgan fingerprint density at radius 1 is 1.50 bits per heavy atom. The van der Waals surface area contributed by atoms with Gasteiger partial charge in [-0.25, -0.2) is 13.8 Å². The van der Waals surface area contributed by atoms with Crippen LogP contribution >= 0.6 is 0 Å². The zero-order chi connectivity index (χ0) is 10.6. The fourth-order valence-corrected chi connectivity index (χ4v) is 1.10. The Morgan fingerprint density at radius 2 is 2.21 bits per heavy atom. The van der Waals surface area contributed by atoms with Crippen LogP contribution in [0.2, 0.25) is 0 Å². The van der Waals surface area contributed by atoms with E-state index in [-0.39, 0.29) is 6.42 Å². The second-order valence-corrected chi connectivity index (χ2v) is 3.04. The van der Waals surface area contributed by atoms with Gasteiger partial charge in [-0.15, -0.1) is 0 Å². The van der Waals surface area contributed by atoms with Crippen LogP contribution in [-0.2, 0) is 0 Å². The fraction of sp³-hybridized carbons (Fsp3) is 0.444. The smallest absolute Gasteiger partial charge is 0.240 e. The Kier molecular flexibility index (Phi) is 3.73. The number of nitrogens with zero attached hydrogens (tertiary/aromatic N) is 1. The van der Waals surface area contributed by atoms with Crippen molar-refractivity contribution in [2.75, 3.05) is 5.32 Å². The first-order valence-electron chi connectivity index (χ1n) is 4.24. The van der Waals surface area contributed by atoms with Crippen LogP contribution in [0.3, 0.4) is 0 Å². The molecular formula is C9H11F3N2. The molecule has 0 fully saturated rings. The molecule has 1 rings (SSSR count). The zero-order valence-electron chi connectivity index (χ0n) is 7.67. The molecule has 2 nitrogen and oxygen atoms in total. The van der Waals surface area contributed by atoms with Gasteiger partial charge in [-0.05, 0) is 13.0 Å². The number of halogens is 3. The summed E-state index contributed by atoms with van der Waals surface area (Å²) >= 11 is 0. The second-order valence-electron chi connectivity index (χ2n) is 3.04. The molecule has 0 saturated heterocycles. The van der Waals surface area contributed by atoms with E-state index in [1.807, 2.05) is 0 Å². The van der Waals surface area contributed by atoms with Crippen LogP contribution < -0.4 is 5.32 Å². The number of pyridine rings is 1. The summed E-state index contributed by atoms with van der Waals surface area (Å²) in [5, 5.41) is 2.75. The van der Waals surface area contributed by atoms with Crippen molar-refractivity contribution in [3.05, 3.63) is 24.3 Å². The molecule has 0 bridgehead atoms. The van der Waals surface area contributed by atoms with E-state index in [4.69, 9.17) is 0 Å². The molecule has 0 aromatic carbocycles. The molecule has 14 heavy (non-hydrogen) atoms. The number of anilines is 1. The standard InChI is InChI=1S/C9H11F3N2/c1-6(4-8(10)11)14-7-2-3-13-9(12)5-7/h2-3,5-6,8H,4H2,1H3,(H,13,14). The summed E-state index contributed by atoms with van der Waals surface area (Å²) in [6.45, 7) is 1.62. The Morgan fingerprint density at radius 3 is 2.79 bits per heavy atom. The maximum atomic E-state index is 12.6. The van der Waals surface area contributed by atoms with Crippen LogP contribution in [0.1, 0.15) is 13.3 Å². The van der Waals surface area contributed by atoms with Crippen LogP contribution in [0, 0.1) is 5.95 Å². The van der Waals surface area contributed by atoms with E-state index in [1.54, 1.807) is 6.92 Å². The van der Waals surface area contributed by atoms with Gasteiger partial charge in [-0.1, -0.05) is 0 Å². The monoisotopic (exact) mass is 204 g/mol. The SMILES string of the molecule is CC(CC(F)F)Nc1ccnc(F)c1. The van der Waals surface area contributed by atoms with Crippen molar-refractivity contribution in [2.24, 2.45) is 0 Å². The van der Waals surface area contributed by atoms with E-state index < -0.39 is 18.4 Å². The van der Waals surface area contributed by atoms with E-state index in [0.29, 0.717) is 5.69 Å². The largest absolute Gasteiger partial charge is 0.382 e. The van der Waals surface area contributed by atoms with Crippen LogP contribution in [-0.4, -0.2) is 17.5 Å². The highest BCUT2D eigenvalue weighted by Crippen LogP contribution is 2.12. The molecule has 0 aliphatic carbocycles. The first-order chi connectivity index (χ1) is 6.58. The van der Waals surface area contributed by atoms with Gasteiger partial charge in [0, 0.05) is 30.4 Å². The second kappa shape index (κ2) is 4.83. The van der Waals surface area contributed by atoms with E-state index in [9.17, 15) is 13.2 Å². The lowest BCUT2D eigenvalue weighted by Crippen LogP contribution is -2.18. The molecule has 0 amide bonds. The highest BCUT2D eigenvalue weighted by Gasteiger charge is 2.09. The zero-order valence-corrected chi connectivity index (χ0v) is 7.67. The average molecular weight is 204 g/mol. The van der Waals surface area contributed by atoms with Crippen molar-refractivity contribution in [1.29, 1.82) is 0 Å². The Bertz CT molecular complexity index is 291. The van der Waals surface area contributed by atoms with Crippen molar-refractivity contribution < 1.29 is 13.2 Å². The molecule has 1 atom stereocenters. The third-order valence-corrected chi connectivity index (χ3v) is 1.67. The average Bonchev–Trinajstić information content (AvgIpc) is 2.01. The van der Waals surface area contributed by atoms with Gasteiger partial charge in [0.1, 0.15) is 0 Å². The molecule has 0 aliphatic heterocycles. The highest BCUT2D eigenvalue weighted by atomic mass is 19.3. The molecule has 0 aliphatic rings. The molecule has 1 heterocycles. The maximum absolute atomic E-state index is 12.6. The third kappa shape index (κ3) is 3.64. The summed E-state index contributed by atoms with van der Waals surface area (Å²) < 4.78 is 36.5. The van der Waals surface area contributed by atoms with E-state index >= 15 is 0 Å². The van der Waals surface area contributed by atoms with Crippen molar-refractivity contribution in [1.82, 2.24) is 4.98 Å². The normalized spacial score (nSPS) is 12.9. The molecule has 0 saturated carbocycles. The molecule has 1 unspecified atom stereocenters. The number of aromatic nitrogens is 1. The van der Waals surface area contributed by atoms with Gasteiger partial charge in [-0.3, -0.25) is 0 Å². The molecule has 1 N–H and O–H groups in total. The van der Waals surface area contributed by atoms with Gasteiger partial charge in [0.25, 0.3) is 0 Å². The summed E-state index contributed by atoms with van der Waals surface area (Å²) in [5.41, 5.74) is 0.464. The van der Waals surface area contributed by atoms with Crippen LogP contribution in [0.5, 0.6) is 0 Å². The summed E-state index contributed by atoms with van der Waals surface area (Å²) in [4.78, 5) is 3.35. The summed E-state index contributed by atoms with van der Waals surface area (Å²) in [7, 11) is 0. The lowest BCUT2D eigenvalue weighted by atomic mass is 10.2. The molecule has 78 valence electrons. The van der Waals surface area contributed by atoms with Crippen LogP contribution in [0.15, 0.2) is 18.3 Å². The minimum absolute atomic E-state index is 0.260. The number of alkyl halides is 2. The predicted molar refractivity (Wildman–Crippen MR) is 47.9 cm³/mol. The lowest BCUT2D eigenvalue weighted by molar-refractivity contribution is 0.133. The number of rotatable bonds is 4. The minimum atomic E-state index is -2.36. The third-order valence-electron chi connectivity index (χ3n) is 1.67. The fourth-order valence-electron chi connectivity index (χ4n) is 1.10. The lowest BCUT2D eigenvalue weighted by Gasteiger charge is -2.14. The van der Waals surface area contributed by atoms with E-state index in [0.717, 1.165) is 0 Å². The Balaban J connectivity index is 2.51. The number of hydrogen-bond acceptors (Lipinski definition) is 2. The van der Waals surface area contributed by atoms with Gasteiger partial charge in [-0.2, -0.15) is 4.39 Å². The van der Waals surface area contributed by atoms with Crippen LogP contribution in [0.4, 0.5) is 18.9 Å². The highest BCUT2D eigenvalue weighted by molar-refractivity contribution is 5.41. The topological polar surface area (TPSA) is 24.9 Å². The first-order valence-corrected chi connectivity index (χ1v) is 4.24. The molecule has 1 aromatic heterocycles. The maximum Gasteiger partial charge on any atom is 0.240 e. The molecular weight excluding hydrogens is 193 g/mol. The van der Waals surface area contributed by atoms with E-state index in [2.05, 4.69) is 10.3 Å². The molecule has 0 spiro atoms. The van der Waals surface area contributed by atoms with Gasteiger partial charge in [0.15, 0.2) is 0 Å². The van der Waals surface area contributed by atoms with Crippen molar-refractivity contribution in [3.63, 3.8) is 0 Å². The summed E-state index contributed by atoms with van der Waals surface area (Å²) in [6, 6.07) is 2.31. The Labute approximate surface area is 80.2 Å². The van der Waals surface area contributed by atoms with Crippen molar-refractivity contribution in [3.8, 4) is 0 Å². The first kappa shape index (κ1) is 10.8.